The molecule has 0 aliphatic carbocycles. The molecule has 0 radical (unpaired) electrons. The lowest BCUT2D eigenvalue weighted by Crippen LogP contribution is -2.46. The molecule has 3 aliphatic rings. The largest absolute Gasteiger partial charge is 0.378 e. The zero-order valence-electron chi connectivity index (χ0n) is 14.7. The zero-order valence-corrected chi connectivity index (χ0v) is 14.7. The van der Waals surface area contributed by atoms with Gasteiger partial charge in [-0.1, -0.05) is 0 Å². The third-order valence-corrected chi connectivity index (χ3v) is 5.88. The number of amides is 1. The molecule has 0 aromatic carbocycles. The second kappa shape index (κ2) is 7.46. The van der Waals surface area contributed by atoms with Gasteiger partial charge in [-0.05, 0) is 38.0 Å². The molecule has 0 saturated carbocycles. The predicted octanol–water partition coefficient (Wildman–Crippen LogP) is 2.08. The minimum absolute atomic E-state index is 0.0545. The second-order valence-electron chi connectivity index (χ2n) is 7.47. The monoisotopic (exact) mass is 369 g/mol. The minimum Gasteiger partial charge on any atom is -0.378 e. The number of halogens is 2. The Labute approximate surface area is 151 Å². The first-order valence-electron chi connectivity index (χ1n) is 9.45. The first kappa shape index (κ1) is 17.6. The number of rotatable bonds is 4. The van der Waals surface area contributed by atoms with Crippen LogP contribution in [0.15, 0.2) is 6.33 Å². The summed E-state index contributed by atoms with van der Waals surface area (Å²) in [6.45, 7) is 2.12. The zero-order chi connectivity index (χ0) is 18.1. The van der Waals surface area contributed by atoms with E-state index in [9.17, 15) is 13.6 Å². The summed E-state index contributed by atoms with van der Waals surface area (Å²) < 4.78 is 33.6. The van der Waals surface area contributed by atoms with Crippen molar-refractivity contribution in [2.75, 3.05) is 25.0 Å². The molecule has 1 aromatic heterocycles. The van der Waals surface area contributed by atoms with E-state index in [1.165, 1.54) is 11.0 Å². The van der Waals surface area contributed by atoms with Crippen molar-refractivity contribution in [3.8, 4) is 0 Å². The topological polar surface area (TPSA) is 72.3 Å². The van der Waals surface area contributed by atoms with Crippen LogP contribution in [0.2, 0.25) is 0 Å². The van der Waals surface area contributed by atoms with Gasteiger partial charge >= 0.3 is 0 Å². The predicted molar refractivity (Wildman–Crippen MR) is 90.0 cm³/mol. The molecule has 26 heavy (non-hydrogen) atoms. The van der Waals surface area contributed by atoms with E-state index in [-0.39, 0.29) is 24.0 Å². The van der Waals surface area contributed by atoms with Crippen molar-refractivity contribution < 1.29 is 18.3 Å². The normalized spacial score (nSPS) is 29.7. The lowest BCUT2D eigenvalue weighted by molar-refractivity contribution is -0.135. The van der Waals surface area contributed by atoms with E-state index in [1.54, 1.807) is 0 Å². The quantitative estimate of drug-likeness (QED) is 0.880. The molecule has 1 N–H and O–H groups in total. The van der Waals surface area contributed by atoms with Gasteiger partial charge in [-0.3, -0.25) is 4.79 Å². The van der Waals surface area contributed by atoms with Gasteiger partial charge in [0, 0.05) is 25.7 Å². The summed E-state index contributed by atoms with van der Waals surface area (Å²) >= 11 is 0. The van der Waals surface area contributed by atoms with E-state index in [0.717, 1.165) is 32.3 Å². The Kier molecular flexibility index (Phi) is 5.06. The molecule has 1 unspecified atom stereocenters. The first-order valence-corrected chi connectivity index (χ1v) is 9.45. The van der Waals surface area contributed by atoms with Crippen LogP contribution in [0.4, 0.5) is 14.7 Å². The van der Waals surface area contributed by atoms with Gasteiger partial charge in [-0.2, -0.15) is 10.1 Å². The summed E-state index contributed by atoms with van der Waals surface area (Å²) in [5.41, 5.74) is 0. The van der Waals surface area contributed by atoms with Crippen LogP contribution in [-0.2, 0) is 9.53 Å². The molecular formula is C17H25F2N5O2. The smallest absolute Gasteiger partial charge is 0.260 e. The number of carbonyl (C=O) groups is 1. The molecule has 2 saturated heterocycles. The minimum atomic E-state index is -2.46. The van der Waals surface area contributed by atoms with Gasteiger partial charge in [0.15, 0.2) is 0 Å². The molecule has 9 heteroatoms. The number of ether oxygens (including phenoxy) is 1. The van der Waals surface area contributed by atoms with Gasteiger partial charge < -0.3 is 15.0 Å². The summed E-state index contributed by atoms with van der Waals surface area (Å²) in [6.07, 6.45) is 3.34. The average molecular weight is 369 g/mol. The van der Waals surface area contributed by atoms with E-state index in [4.69, 9.17) is 4.74 Å². The van der Waals surface area contributed by atoms with Crippen molar-refractivity contribution in [3.05, 3.63) is 6.33 Å². The fourth-order valence-corrected chi connectivity index (χ4v) is 4.38. The summed E-state index contributed by atoms with van der Waals surface area (Å²) in [4.78, 5) is 18.4. The standard InChI is InChI=1S/C17H25F2N5O2/c18-16(19)14-9-13(22-17-20-10-21-24(14)17)11-3-5-23(6-4-11)15(25)8-12-2-1-7-26-12/h10-14,16H,1-9H2,(H,20,21,22)/t12?,13-,14+/m0/s1. The number of alkyl halides is 2. The van der Waals surface area contributed by atoms with Gasteiger partial charge in [0.05, 0.1) is 12.5 Å². The summed E-state index contributed by atoms with van der Waals surface area (Å²) in [7, 11) is 0. The second-order valence-corrected chi connectivity index (χ2v) is 7.47. The van der Waals surface area contributed by atoms with Gasteiger partial charge in [0.25, 0.3) is 6.43 Å². The van der Waals surface area contributed by atoms with Crippen LogP contribution >= 0.6 is 0 Å². The highest BCUT2D eigenvalue weighted by Gasteiger charge is 2.38. The molecule has 4 heterocycles. The van der Waals surface area contributed by atoms with Crippen molar-refractivity contribution >= 4 is 11.9 Å². The number of aromatic nitrogens is 3. The van der Waals surface area contributed by atoms with Crippen LogP contribution < -0.4 is 5.32 Å². The van der Waals surface area contributed by atoms with E-state index < -0.39 is 12.5 Å². The molecule has 7 nitrogen and oxygen atoms in total. The Balaban J connectivity index is 1.32. The fourth-order valence-electron chi connectivity index (χ4n) is 4.38. The Morgan fingerprint density at radius 1 is 1.35 bits per heavy atom. The number of carbonyl (C=O) groups excluding carboxylic acids is 1. The lowest BCUT2D eigenvalue weighted by Gasteiger charge is -2.40. The maximum absolute atomic E-state index is 13.4. The van der Waals surface area contributed by atoms with Crippen molar-refractivity contribution in [1.29, 1.82) is 0 Å². The van der Waals surface area contributed by atoms with Gasteiger partial charge in [-0.15, -0.1) is 0 Å². The van der Waals surface area contributed by atoms with Crippen molar-refractivity contribution in [1.82, 2.24) is 19.7 Å². The Hall–Kier alpha value is -1.77. The average Bonchev–Trinajstić information content (AvgIpc) is 3.32. The van der Waals surface area contributed by atoms with Crippen molar-refractivity contribution in [2.45, 2.75) is 63.1 Å². The molecule has 3 atom stereocenters. The van der Waals surface area contributed by atoms with E-state index >= 15 is 0 Å². The molecule has 2 fully saturated rings. The van der Waals surface area contributed by atoms with Gasteiger partial charge in [-0.25, -0.2) is 13.5 Å². The Morgan fingerprint density at radius 2 is 2.15 bits per heavy atom. The number of fused-ring (bicyclic) bond motifs is 1. The van der Waals surface area contributed by atoms with E-state index in [2.05, 4.69) is 15.4 Å². The van der Waals surface area contributed by atoms with Crippen molar-refractivity contribution in [2.24, 2.45) is 5.92 Å². The Bertz CT molecular complexity index is 626. The number of likely N-dealkylation sites (tertiary alicyclic amines) is 1. The van der Waals surface area contributed by atoms with Crippen LogP contribution in [0, 0.1) is 5.92 Å². The number of hydrogen-bond acceptors (Lipinski definition) is 5. The first-order chi connectivity index (χ1) is 12.6. The molecule has 4 rings (SSSR count). The van der Waals surface area contributed by atoms with Gasteiger partial charge in [0.1, 0.15) is 12.4 Å². The van der Waals surface area contributed by atoms with E-state index in [0.29, 0.717) is 31.9 Å². The summed E-state index contributed by atoms with van der Waals surface area (Å²) in [6, 6.07) is -0.987. The fraction of sp³-hybridized carbons (Fsp3) is 0.824. The van der Waals surface area contributed by atoms with Gasteiger partial charge in [0.2, 0.25) is 11.9 Å². The molecule has 0 spiro atoms. The third kappa shape index (κ3) is 3.54. The highest BCUT2D eigenvalue weighted by Crippen LogP contribution is 2.35. The number of piperidine rings is 1. The molecule has 3 aliphatic heterocycles. The molecule has 1 aromatic rings. The van der Waals surface area contributed by atoms with Crippen LogP contribution in [0.5, 0.6) is 0 Å². The Morgan fingerprint density at radius 3 is 2.85 bits per heavy atom. The van der Waals surface area contributed by atoms with Crippen LogP contribution in [-0.4, -0.2) is 63.8 Å². The number of anilines is 1. The van der Waals surface area contributed by atoms with Crippen molar-refractivity contribution in [3.63, 3.8) is 0 Å². The van der Waals surface area contributed by atoms with E-state index in [1.807, 2.05) is 4.90 Å². The van der Waals surface area contributed by atoms with Crippen LogP contribution in [0.3, 0.4) is 0 Å². The highest BCUT2D eigenvalue weighted by molar-refractivity contribution is 5.76. The van der Waals surface area contributed by atoms with Crippen LogP contribution in [0.1, 0.15) is 44.6 Å². The molecular weight excluding hydrogens is 344 g/mol. The lowest BCUT2D eigenvalue weighted by atomic mass is 9.85. The SMILES string of the molecule is O=C(CC1CCCO1)N1CCC([C@@H]2C[C@H](C(F)F)n3ncnc3N2)CC1. The molecule has 144 valence electrons. The number of hydrogen-bond donors (Lipinski definition) is 1. The van der Waals surface area contributed by atoms with Crippen LogP contribution in [0.25, 0.3) is 0 Å². The summed E-state index contributed by atoms with van der Waals surface area (Å²) in [5, 5.41) is 7.19. The number of nitrogens with one attached hydrogen (secondary N) is 1. The number of nitrogens with zero attached hydrogens (tertiary/aromatic N) is 4. The highest BCUT2D eigenvalue weighted by atomic mass is 19.3. The molecule has 1 amide bonds. The molecule has 0 bridgehead atoms. The third-order valence-electron chi connectivity index (χ3n) is 5.88. The maximum Gasteiger partial charge on any atom is 0.260 e. The summed E-state index contributed by atoms with van der Waals surface area (Å²) in [5.74, 6) is 0.828. The maximum atomic E-state index is 13.4.